The van der Waals surface area contributed by atoms with Crippen molar-refractivity contribution in [3.8, 4) is 0 Å². The Hall–Kier alpha value is -1.43. The van der Waals surface area contributed by atoms with Crippen LogP contribution in [0.1, 0.15) is 21.5 Å². The van der Waals surface area contributed by atoms with Crippen molar-refractivity contribution in [2.24, 2.45) is 0 Å². The van der Waals surface area contributed by atoms with Crippen LogP contribution in [0, 0.1) is 19.1 Å². The molecule has 1 amide bonds. The van der Waals surface area contributed by atoms with Gasteiger partial charge < -0.3 is 10.5 Å². The monoisotopic (exact) mass is 210 g/mol. The number of benzene rings is 1. The minimum atomic E-state index is -0.964. The van der Waals surface area contributed by atoms with E-state index in [1.807, 2.05) is 0 Å². The number of nitrogens with one attached hydrogen (secondary N) is 2. The summed E-state index contributed by atoms with van der Waals surface area (Å²) < 4.78 is 0. The molecule has 0 aromatic heterocycles. The molecule has 1 aromatic carbocycles. The van der Waals surface area contributed by atoms with Crippen molar-refractivity contribution in [2.75, 3.05) is 7.05 Å². The molecule has 0 radical (unpaired) electrons. The van der Waals surface area contributed by atoms with Gasteiger partial charge in [-0.25, -0.2) is 5.21 Å². The van der Waals surface area contributed by atoms with Gasteiger partial charge in [0.2, 0.25) is 0 Å². The van der Waals surface area contributed by atoms with E-state index in [1.165, 1.54) is 7.05 Å². The van der Waals surface area contributed by atoms with Gasteiger partial charge in [-0.15, -0.1) is 0 Å². The topological polar surface area (TPSA) is 76.8 Å². The number of aryl methyl sites for hydroxylation is 2. The molecule has 82 valence electrons. The molecule has 0 fully saturated rings. The smallest absolute Gasteiger partial charge is 0.251 e. The van der Waals surface area contributed by atoms with Crippen LogP contribution in [-0.2, 0) is 0 Å². The van der Waals surface area contributed by atoms with E-state index in [9.17, 15) is 10.0 Å². The lowest BCUT2D eigenvalue weighted by atomic mass is 10.0. The van der Waals surface area contributed by atoms with E-state index in [0.717, 1.165) is 0 Å². The summed E-state index contributed by atoms with van der Waals surface area (Å²) in [4.78, 5) is 11.3. The van der Waals surface area contributed by atoms with Crippen LogP contribution in [0.2, 0.25) is 0 Å². The van der Waals surface area contributed by atoms with E-state index in [2.05, 4.69) is 5.32 Å². The highest BCUT2D eigenvalue weighted by atomic mass is 16.8. The van der Waals surface area contributed by atoms with Gasteiger partial charge in [0.05, 0.1) is 0 Å². The number of quaternary nitrogens is 1. The summed E-state index contributed by atoms with van der Waals surface area (Å²) in [5.74, 6) is -0.210. The zero-order valence-corrected chi connectivity index (χ0v) is 8.92. The van der Waals surface area contributed by atoms with Crippen LogP contribution in [0.5, 0.6) is 0 Å². The Labute approximate surface area is 87.9 Å². The Morgan fingerprint density at radius 1 is 1.40 bits per heavy atom. The van der Waals surface area contributed by atoms with Gasteiger partial charge in [0, 0.05) is 23.7 Å². The number of amides is 1. The van der Waals surface area contributed by atoms with Crippen molar-refractivity contribution in [3.05, 3.63) is 34.0 Å². The van der Waals surface area contributed by atoms with Crippen molar-refractivity contribution in [3.63, 3.8) is 0 Å². The molecule has 5 heteroatoms. The second-order valence-electron chi connectivity index (χ2n) is 3.37. The molecule has 5 nitrogen and oxygen atoms in total. The van der Waals surface area contributed by atoms with Gasteiger partial charge in [0.15, 0.2) is 5.69 Å². The molecule has 1 rings (SSSR count). The van der Waals surface area contributed by atoms with Crippen molar-refractivity contribution in [1.29, 1.82) is 0 Å². The van der Waals surface area contributed by atoms with Crippen LogP contribution in [-0.4, -0.2) is 18.2 Å². The molecule has 15 heavy (non-hydrogen) atoms. The van der Waals surface area contributed by atoms with Crippen molar-refractivity contribution in [1.82, 2.24) is 5.32 Å². The highest BCUT2D eigenvalue weighted by Crippen LogP contribution is 2.18. The summed E-state index contributed by atoms with van der Waals surface area (Å²) in [6.07, 6.45) is 0. The van der Waals surface area contributed by atoms with Gasteiger partial charge in [0.1, 0.15) is 0 Å². The molecule has 0 bridgehead atoms. The summed E-state index contributed by atoms with van der Waals surface area (Å²) in [5.41, 5.74) is 1.95. The zero-order valence-electron chi connectivity index (χ0n) is 8.92. The molecular formula is C10H14N2O3. The van der Waals surface area contributed by atoms with Crippen LogP contribution >= 0.6 is 0 Å². The first-order valence-corrected chi connectivity index (χ1v) is 4.54. The summed E-state index contributed by atoms with van der Waals surface area (Å²) >= 11 is 0. The summed E-state index contributed by atoms with van der Waals surface area (Å²) in [5, 5.41) is 21.4. The van der Waals surface area contributed by atoms with Crippen LogP contribution in [0.15, 0.2) is 12.1 Å². The Morgan fingerprint density at radius 2 is 1.87 bits per heavy atom. The Morgan fingerprint density at radius 3 is 2.20 bits per heavy atom. The Kier molecular flexibility index (Phi) is 3.41. The number of hydrogen-bond acceptors (Lipinski definition) is 3. The molecule has 1 atom stereocenters. The van der Waals surface area contributed by atoms with Gasteiger partial charge in [-0.05, 0) is 26.0 Å². The van der Waals surface area contributed by atoms with Crippen LogP contribution in [0.25, 0.3) is 0 Å². The van der Waals surface area contributed by atoms with Crippen LogP contribution in [0.3, 0.4) is 0 Å². The molecule has 0 aliphatic carbocycles. The first kappa shape index (κ1) is 11.6. The van der Waals surface area contributed by atoms with E-state index in [4.69, 9.17) is 5.21 Å². The quantitative estimate of drug-likeness (QED) is 0.604. The second-order valence-corrected chi connectivity index (χ2v) is 3.37. The molecule has 1 aromatic rings. The normalized spacial score (nSPS) is 12.3. The maximum atomic E-state index is 11.3. The molecule has 0 spiro atoms. The molecule has 0 heterocycles. The fraction of sp³-hybridized carbons (Fsp3) is 0.300. The number of carbonyl (C=O) groups is 1. The van der Waals surface area contributed by atoms with Gasteiger partial charge in [-0.2, -0.15) is 5.23 Å². The minimum absolute atomic E-state index is 0.210. The van der Waals surface area contributed by atoms with E-state index in [-0.39, 0.29) is 11.6 Å². The fourth-order valence-electron chi connectivity index (χ4n) is 1.58. The zero-order chi connectivity index (χ0) is 11.6. The molecule has 0 saturated heterocycles. The third-order valence-corrected chi connectivity index (χ3v) is 2.24. The SMILES string of the molecule is CNC(=O)c1cc(C)c([NH+]([O-])O)c(C)c1. The standard InChI is InChI=1S/C10H14N2O3/c1-6-4-8(10(13)11-3)5-7(2)9(6)12(14)15/h4-5,12,14H,1-3H3,(H,11,13). The molecule has 0 aliphatic rings. The average Bonchev–Trinajstić information content (AvgIpc) is 2.14. The van der Waals surface area contributed by atoms with E-state index in [0.29, 0.717) is 16.7 Å². The lowest BCUT2D eigenvalue weighted by Crippen LogP contribution is -2.99. The van der Waals surface area contributed by atoms with Crippen LogP contribution in [0.4, 0.5) is 5.69 Å². The maximum absolute atomic E-state index is 11.3. The van der Waals surface area contributed by atoms with E-state index in [1.54, 1.807) is 26.0 Å². The number of hydrogen-bond donors (Lipinski definition) is 3. The number of rotatable bonds is 2. The summed E-state index contributed by atoms with van der Waals surface area (Å²) in [6, 6.07) is 3.16. The fourth-order valence-corrected chi connectivity index (χ4v) is 1.58. The van der Waals surface area contributed by atoms with E-state index >= 15 is 0 Å². The van der Waals surface area contributed by atoms with Crippen LogP contribution < -0.4 is 10.5 Å². The number of carbonyl (C=O) groups excluding carboxylic acids is 1. The Bertz CT molecular complexity index is 365. The third-order valence-electron chi connectivity index (χ3n) is 2.24. The van der Waals surface area contributed by atoms with Gasteiger partial charge in [-0.3, -0.25) is 4.79 Å². The first-order chi connectivity index (χ1) is 6.97. The summed E-state index contributed by atoms with van der Waals surface area (Å²) in [6.45, 7) is 3.37. The van der Waals surface area contributed by atoms with Gasteiger partial charge in [-0.1, -0.05) is 0 Å². The highest BCUT2D eigenvalue weighted by Gasteiger charge is 2.13. The predicted octanol–water partition coefficient (Wildman–Crippen LogP) is 0.0664. The molecule has 0 saturated carbocycles. The lowest BCUT2D eigenvalue weighted by Gasteiger charge is -2.17. The predicted molar refractivity (Wildman–Crippen MR) is 55.1 cm³/mol. The van der Waals surface area contributed by atoms with Gasteiger partial charge in [0.25, 0.3) is 5.91 Å². The molecule has 1 unspecified atom stereocenters. The highest BCUT2D eigenvalue weighted by molar-refractivity contribution is 5.94. The first-order valence-electron chi connectivity index (χ1n) is 4.54. The second kappa shape index (κ2) is 4.39. The summed E-state index contributed by atoms with van der Waals surface area (Å²) in [7, 11) is 1.54. The van der Waals surface area contributed by atoms with Crippen molar-refractivity contribution in [2.45, 2.75) is 13.8 Å². The molecule has 0 aliphatic heterocycles. The van der Waals surface area contributed by atoms with E-state index < -0.39 is 5.23 Å². The molecule has 3 N–H and O–H groups in total. The lowest BCUT2D eigenvalue weighted by molar-refractivity contribution is -0.991. The maximum Gasteiger partial charge on any atom is 0.251 e. The molecular weight excluding hydrogens is 196 g/mol. The van der Waals surface area contributed by atoms with Crippen molar-refractivity contribution < 1.29 is 15.2 Å². The third kappa shape index (κ3) is 2.33. The average molecular weight is 210 g/mol. The Balaban J connectivity index is 3.25. The largest absolute Gasteiger partial charge is 0.595 e. The minimum Gasteiger partial charge on any atom is -0.595 e. The van der Waals surface area contributed by atoms with Gasteiger partial charge >= 0.3 is 0 Å². The van der Waals surface area contributed by atoms with Crippen molar-refractivity contribution >= 4 is 11.6 Å².